The van der Waals surface area contributed by atoms with Gasteiger partial charge in [0.05, 0.1) is 32.9 Å². The molecule has 2 aromatic rings. The van der Waals surface area contributed by atoms with Gasteiger partial charge in [0.15, 0.2) is 0 Å². The Morgan fingerprint density at radius 3 is 2.23 bits per heavy atom. The molecule has 8 nitrogen and oxygen atoms in total. The molecular formula is C23H29N3O5. The van der Waals surface area contributed by atoms with Gasteiger partial charge in [-0.25, -0.2) is 0 Å². The van der Waals surface area contributed by atoms with E-state index in [1.165, 1.54) is 12.0 Å². The first-order valence-electron chi connectivity index (χ1n) is 9.97. The van der Waals surface area contributed by atoms with Gasteiger partial charge in [-0.2, -0.15) is 0 Å². The molecule has 166 valence electrons. The normalized spacial score (nSPS) is 10.4. The highest BCUT2D eigenvalue weighted by Crippen LogP contribution is 2.20. The van der Waals surface area contributed by atoms with Gasteiger partial charge in [-0.1, -0.05) is 26.0 Å². The van der Waals surface area contributed by atoms with Crippen LogP contribution in [0.3, 0.4) is 0 Å². The second kappa shape index (κ2) is 11.6. The standard InChI is InChI=1S/C23H29N3O5/c1-16(2)14-26(23(29)19-7-5-6-8-20(19)31-4)15-22(28)24-13-21(27)25-17-9-11-18(30-3)12-10-17/h5-12,16H,13-15H2,1-4H3,(H,24,28)(H,25,27). The second-order valence-electron chi connectivity index (χ2n) is 7.33. The number of ether oxygens (including phenoxy) is 2. The number of carbonyl (C=O) groups is 3. The van der Waals surface area contributed by atoms with E-state index in [1.807, 2.05) is 13.8 Å². The molecule has 0 unspecified atom stereocenters. The molecule has 8 heteroatoms. The fraction of sp³-hybridized carbons (Fsp3) is 0.348. The third-order valence-corrected chi connectivity index (χ3v) is 4.36. The van der Waals surface area contributed by atoms with E-state index in [0.717, 1.165) is 0 Å². The molecule has 0 aliphatic heterocycles. The number of anilines is 1. The molecule has 0 saturated carbocycles. The lowest BCUT2D eigenvalue weighted by Crippen LogP contribution is -2.44. The van der Waals surface area contributed by atoms with E-state index in [0.29, 0.717) is 29.3 Å². The molecule has 0 heterocycles. The van der Waals surface area contributed by atoms with E-state index in [1.54, 1.807) is 55.6 Å². The van der Waals surface area contributed by atoms with Gasteiger partial charge < -0.3 is 25.0 Å². The van der Waals surface area contributed by atoms with Gasteiger partial charge in [0.2, 0.25) is 11.8 Å². The Morgan fingerprint density at radius 2 is 1.61 bits per heavy atom. The Kier molecular flexibility index (Phi) is 8.87. The zero-order valence-corrected chi connectivity index (χ0v) is 18.3. The van der Waals surface area contributed by atoms with Crippen molar-refractivity contribution in [1.82, 2.24) is 10.2 Å². The number of amides is 3. The minimum absolute atomic E-state index is 0.157. The quantitative estimate of drug-likeness (QED) is 0.607. The maximum atomic E-state index is 13.0. The molecule has 2 N–H and O–H groups in total. The van der Waals surface area contributed by atoms with E-state index in [-0.39, 0.29) is 30.8 Å². The summed E-state index contributed by atoms with van der Waals surface area (Å²) in [5.74, 6) is 0.185. The lowest BCUT2D eigenvalue weighted by Gasteiger charge is -2.25. The molecule has 0 aliphatic carbocycles. The first kappa shape index (κ1) is 23.7. The van der Waals surface area contributed by atoms with Gasteiger partial charge in [-0.3, -0.25) is 14.4 Å². The zero-order valence-electron chi connectivity index (χ0n) is 18.3. The van der Waals surface area contributed by atoms with Crippen molar-refractivity contribution in [3.63, 3.8) is 0 Å². The third-order valence-electron chi connectivity index (χ3n) is 4.36. The summed E-state index contributed by atoms with van der Waals surface area (Å²) in [6.45, 7) is 3.95. The molecule has 0 aliphatic rings. The van der Waals surface area contributed by atoms with Crippen LogP contribution in [0, 0.1) is 5.92 Å². The van der Waals surface area contributed by atoms with Crippen LogP contribution < -0.4 is 20.1 Å². The number of para-hydroxylation sites is 1. The van der Waals surface area contributed by atoms with Crippen LogP contribution in [0.15, 0.2) is 48.5 Å². The number of benzene rings is 2. The van der Waals surface area contributed by atoms with Gasteiger partial charge >= 0.3 is 0 Å². The van der Waals surface area contributed by atoms with E-state index < -0.39 is 5.91 Å². The summed E-state index contributed by atoms with van der Waals surface area (Å²) in [5.41, 5.74) is 0.975. The van der Waals surface area contributed by atoms with Crippen molar-refractivity contribution in [2.45, 2.75) is 13.8 Å². The molecule has 0 radical (unpaired) electrons. The number of carbonyl (C=O) groups excluding carboxylic acids is 3. The maximum Gasteiger partial charge on any atom is 0.258 e. The topological polar surface area (TPSA) is 97.0 Å². The van der Waals surface area contributed by atoms with Gasteiger partial charge in [0.1, 0.15) is 11.5 Å². The molecule has 2 rings (SSSR count). The number of methoxy groups -OCH3 is 2. The highest BCUT2D eigenvalue weighted by Gasteiger charge is 2.22. The van der Waals surface area contributed by atoms with Crippen molar-refractivity contribution < 1.29 is 23.9 Å². The number of hydrogen-bond donors (Lipinski definition) is 2. The number of nitrogens with zero attached hydrogens (tertiary/aromatic N) is 1. The van der Waals surface area contributed by atoms with Crippen LogP contribution in [0.4, 0.5) is 5.69 Å². The Bertz CT molecular complexity index is 896. The van der Waals surface area contributed by atoms with Gasteiger partial charge in [-0.05, 0) is 42.3 Å². The lowest BCUT2D eigenvalue weighted by molar-refractivity contribution is -0.124. The smallest absolute Gasteiger partial charge is 0.258 e. The minimum atomic E-state index is -0.422. The minimum Gasteiger partial charge on any atom is -0.497 e. The van der Waals surface area contributed by atoms with Crippen molar-refractivity contribution in [2.75, 3.05) is 39.2 Å². The maximum absolute atomic E-state index is 13.0. The summed E-state index contributed by atoms with van der Waals surface area (Å²) >= 11 is 0. The fourth-order valence-corrected chi connectivity index (χ4v) is 2.94. The SMILES string of the molecule is COc1ccc(NC(=O)CNC(=O)CN(CC(C)C)C(=O)c2ccccc2OC)cc1. The number of hydrogen-bond acceptors (Lipinski definition) is 5. The van der Waals surface area contributed by atoms with E-state index in [9.17, 15) is 14.4 Å². The highest BCUT2D eigenvalue weighted by molar-refractivity contribution is 5.99. The monoisotopic (exact) mass is 427 g/mol. The van der Waals surface area contributed by atoms with Crippen molar-refractivity contribution in [2.24, 2.45) is 5.92 Å². The van der Waals surface area contributed by atoms with E-state index in [4.69, 9.17) is 9.47 Å². The van der Waals surface area contributed by atoms with E-state index >= 15 is 0 Å². The van der Waals surface area contributed by atoms with Crippen LogP contribution in [0.25, 0.3) is 0 Å². The van der Waals surface area contributed by atoms with Crippen LogP contribution in [0.2, 0.25) is 0 Å². The Hall–Kier alpha value is -3.55. The third kappa shape index (κ3) is 7.33. The van der Waals surface area contributed by atoms with Gasteiger partial charge in [0.25, 0.3) is 5.91 Å². The first-order chi connectivity index (χ1) is 14.8. The zero-order chi connectivity index (χ0) is 22.8. The molecule has 0 spiro atoms. The Balaban J connectivity index is 1.95. The Labute approximate surface area is 182 Å². The Morgan fingerprint density at radius 1 is 0.935 bits per heavy atom. The van der Waals surface area contributed by atoms with Crippen LogP contribution in [0.5, 0.6) is 11.5 Å². The van der Waals surface area contributed by atoms with Crippen LogP contribution >= 0.6 is 0 Å². The largest absolute Gasteiger partial charge is 0.497 e. The van der Waals surface area contributed by atoms with Crippen LogP contribution in [-0.4, -0.2) is 56.5 Å². The van der Waals surface area contributed by atoms with Gasteiger partial charge in [-0.15, -0.1) is 0 Å². The molecular weight excluding hydrogens is 398 g/mol. The molecule has 0 saturated heterocycles. The first-order valence-corrected chi connectivity index (χ1v) is 9.97. The summed E-state index contributed by atoms with van der Waals surface area (Å²) in [7, 11) is 3.05. The second-order valence-corrected chi connectivity index (χ2v) is 7.33. The van der Waals surface area contributed by atoms with Crippen molar-refractivity contribution in [3.05, 3.63) is 54.1 Å². The predicted octanol–water partition coefficient (Wildman–Crippen LogP) is 2.56. The average Bonchev–Trinajstić information content (AvgIpc) is 2.77. The fourth-order valence-electron chi connectivity index (χ4n) is 2.94. The molecule has 0 fully saturated rings. The van der Waals surface area contributed by atoms with Crippen molar-refractivity contribution in [1.29, 1.82) is 0 Å². The van der Waals surface area contributed by atoms with Crippen LogP contribution in [-0.2, 0) is 9.59 Å². The van der Waals surface area contributed by atoms with Crippen molar-refractivity contribution >= 4 is 23.4 Å². The molecule has 31 heavy (non-hydrogen) atoms. The number of rotatable bonds is 10. The summed E-state index contributed by atoms with van der Waals surface area (Å²) in [4.78, 5) is 39.0. The summed E-state index contributed by atoms with van der Waals surface area (Å²) in [6.07, 6.45) is 0. The molecule has 3 amide bonds. The van der Waals surface area contributed by atoms with Gasteiger partial charge in [0, 0.05) is 12.2 Å². The molecule has 0 atom stereocenters. The summed E-state index contributed by atoms with van der Waals surface area (Å²) in [6, 6.07) is 13.7. The molecule has 0 bridgehead atoms. The van der Waals surface area contributed by atoms with Crippen LogP contribution in [0.1, 0.15) is 24.2 Å². The van der Waals surface area contributed by atoms with Crippen molar-refractivity contribution in [3.8, 4) is 11.5 Å². The summed E-state index contributed by atoms with van der Waals surface area (Å²) in [5, 5.41) is 5.25. The predicted molar refractivity (Wildman–Crippen MR) is 118 cm³/mol. The number of nitrogens with one attached hydrogen (secondary N) is 2. The molecule has 0 aromatic heterocycles. The highest BCUT2D eigenvalue weighted by atomic mass is 16.5. The van der Waals surface area contributed by atoms with E-state index in [2.05, 4.69) is 10.6 Å². The average molecular weight is 428 g/mol. The lowest BCUT2D eigenvalue weighted by atomic mass is 10.1. The molecule has 2 aromatic carbocycles. The summed E-state index contributed by atoms with van der Waals surface area (Å²) < 4.78 is 10.3.